The molecule has 0 unspecified atom stereocenters. The minimum atomic E-state index is -0.197. The van der Waals surface area contributed by atoms with Crippen LogP contribution in [0, 0.1) is 6.92 Å². The third-order valence-corrected chi connectivity index (χ3v) is 6.89. The number of methoxy groups -OCH3 is 1. The Kier molecular flexibility index (Phi) is 6.92. The van der Waals surface area contributed by atoms with Crippen molar-refractivity contribution in [2.24, 2.45) is 0 Å². The summed E-state index contributed by atoms with van der Waals surface area (Å²) < 4.78 is 7.91. The van der Waals surface area contributed by atoms with Crippen molar-refractivity contribution >= 4 is 34.6 Å². The first-order valence-electron chi connectivity index (χ1n) is 12.2. The van der Waals surface area contributed by atoms with Crippen LogP contribution in [0.2, 0.25) is 0 Å². The SMILES string of the molecule is CCC(=O)Nc1ccc(N2C(=S)N[C@H](c3ccccn3)[C@@H]2c2ccc(C)n2-c2ccccc2)cc1OC. The van der Waals surface area contributed by atoms with Gasteiger partial charge in [-0.2, -0.15) is 0 Å². The fraction of sp³-hybridized carbons (Fsp3) is 0.207. The summed E-state index contributed by atoms with van der Waals surface area (Å²) in [5, 5.41) is 7.02. The predicted molar refractivity (Wildman–Crippen MR) is 150 cm³/mol. The fourth-order valence-electron chi connectivity index (χ4n) is 4.82. The maximum Gasteiger partial charge on any atom is 0.224 e. The summed E-state index contributed by atoms with van der Waals surface area (Å²) in [6, 6.07) is 25.8. The molecule has 2 atom stereocenters. The maximum atomic E-state index is 12.0. The van der Waals surface area contributed by atoms with Gasteiger partial charge in [0, 0.05) is 41.4 Å². The van der Waals surface area contributed by atoms with Gasteiger partial charge in [-0.05, 0) is 67.7 Å². The van der Waals surface area contributed by atoms with E-state index in [9.17, 15) is 4.79 Å². The molecule has 2 aromatic heterocycles. The molecule has 1 aliphatic heterocycles. The lowest BCUT2D eigenvalue weighted by Gasteiger charge is -2.30. The Morgan fingerprint density at radius 3 is 2.54 bits per heavy atom. The molecule has 0 saturated carbocycles. The van der Waals surface area contributed by atoms with Crippen LogP contribution >= 0.6 is 12.2 Å². The molecule has 2 aromatic carbocycles. The van der Waals surface area contributed by atoms with Crippen molar-refractivity contribution in [3.8, 4) is 11.4 Å². The van der Waals surface area contributed by atoms with Crippen LogP contribution in [0.5, 0.6) is 5.75 Å². The minimum Gasteiger partial charge on any atom is -0.494 e. The number of amides is 1. The van der Waals surface area contributed by atoms with Crippen LogP contribution in [0.4, 0.5) is 11.4 Å². The van der Waals surface area contributed by atoms with Gasteiger partial charge >= 0.3 is 0 Å². The number of hydrogen-bond donors (Lipinski definition) is 2. The standard InChI is InChI=1S/C29H29N5O2S/c1-4-26(35)31-22-15-14-21(18-25(22)36-3)34-28(27(32-29(34)37)23-12-8-9-17-30-23)24-16-13-19(2)33(24)20-10-6-5-7-11-20/h5-18,27-28H,4H2,1-3H3,(H,31,35)(H,32,37)/t27-,28+/m1/s1. The molecule has 4 aromatic rings. The Hall–Kier alpha value is -4.17. The molecule has 8 heteroatoms. The zero-order valence-corrected chi connectivity index (χ0v) is 21.8. The number of carbonyl (C=O) groups excluding carboxylic acids is 1. The predicted octanol–water partition coefficient (Wildman–Crippen LogP) is 5.71. The molecule has 1 amide bonds. The van der Waals surface area contributed by atoms with E-state index in [1.165, 1.54) is 0 Å². The van der Waals surface area contributed by atoms with E-state index >= 15 is 0 Å². The lowest BCUT2D eigenvalue weighted by Crippen LogP contribution is -2.30. The molecule has 1 saturated heterocycles. The Balaban J connectivity index is 1.65. The third-order valence-electron chi connectivity index (χ3n) is 6.58. The van der Waals surface area contributed by atoms with Gasteiger partial charge in [0.2, 0.25) is 5.91 Å². The van der Waals surface area contributed by atoms with Crippen LogP contribution < -0.4 is 20.3 Å². The normalized spacial score (nSPS) is 16.9. The van der Waals surface area contributed by atoms with Crippen LogP contribution in [0.15, 0.2) is 85.1 Å². The largest absolute Gasteiger partial charge is 0.494 e. The van der Waals surface area contributed by atoms with E-state index in [2.05, 4.69) is 56.3 Å². The van der Waals surface area contributed by atoms with Crippen LogP contribution in [0.25, 0.3) is 5.69 Å². The topological polar surface area (TPSA) is 71.4 Å². The van der Waals surface area contributed by atoms with E-state index in [-0.39, 0.29) is 18.0 Å². The molecule has 0 spiro atoms. The van der Waals surface area contributed by atoms with Gasteiger partial charge in [-0.15, -0.1) is 0 Å². The zero-order chi connectivity index (χ0) is 25.9. The van der Waals surface area contributed by atoms with E-state index in [1.54, 1.807) is 13.3 Å². The van der Waals surface area contributed by atoms with E-state index in [0.29, 0.717) is 23.0 Å². The lowest BCUT2D eigenvalue weighted by molar-refractivity contribution is -0.115. The van der Waals surface area contributed by atoms with Crippen molar-refractivity contribution < 1.29 is 9.53 Å². The smallest absolute Gasteiger partial charge is 0.224 e. The molecule has 5 rings (SSSR count). The van der Waals surface area contributed by atoms with Gasteiger partial charge in [-0.3, -0.25) is 9.78 Å². The van der Waals surface area contributed by atoms with Gasteiger partial charge in [-0.1, -0.05) is 31.2 Å². The Morgan fingerprint density at radius 1 is 1.05 bits per heavy atom. The summed E-state index contributed by atoms with van der Waals surface area (Å²) in [6.07, 6.45) is 2.18. The zero-order valence-electron chi connectivity index (χ0n) is 21.0. The number of nitrogens with one attached hydrogen (secondary N) is 2. The number of para-hydroxylation sites is 1. The van der Waals surface area contributed by atoms with Crippen molar-refractivity contribution in [1.82, 2.24) is 14.9 Å². The summed E-state index contributed by atoms with van der Waals surface area (Å²) in [5.74, 6) is 0.491. The monoisotopic (exact) mass is 511 g/mol. The van der Waals surface area contributed by atoms with E-state index in [4.69, 9.17) is 17.0 Å². The molecule has 1 aliphatic rings. The highest BCUT2D eigenvalue weighted by Gasteiger charge is 2.42. The molecule has 3 heterocycles. The van der Waals surface area contributed by atoms with Gasteiger partial charge in [0.1, 0.15) is 11.8 Å². The van der Waals surface area contributed by atoms with Gasteiger partial charge in [0.25, 0.3) is 0 Å². The summed E-state index contributed by atoms with van der Waals surface area (Å²) >= 11 is 5.91. The lowest BCUT2D eigenvalue weighted by atomic mass is 10.0. The third kappa shape index (κ3) is 4.68. The number of thiocarbonyl (C=S) groups is 1. The molecule has 0 radical (unpaired) electrons. The molecule has 0 aliphatic carbocycles. The second kappa shape index (κ2) is 10.4. The average Bonchev–Trinajstić information content (AvgIpc) is 3.48. The van der Waals surface area contributed by atoms with Crippen LogP contribution in [-0.2, 0) is 4.79 Å². The highest BCUT2D eigenvalue weighted by molar-refractivity contribution is 7.80. The summed E-state index contributed by atoms with van der Waals surface area (Å²) in [5.41, 5.74) is 5.65. The van der Waals surface area contributed by atoms with Gasteiger partial charge in [-0.25, -0.2) is 0 Å². The van der Waals surface area contributed by atoms with Crippen molar-refractivity contribution in [3.63, 3.8) is 0 Å². The van der Waals surface area contributed by atoms with E-state index in [0.717, 1.165) is 28.5 Å². The van der Waals surface area contributed by atoms with Crippen molar-refractivity contribution in [2.75, 3.05) is 17.3 Å². The second-order valence-corrected chi connectivity index (χ2v) is 9.24. The van der Waals surface area contributed by atoms with Crippen LogP contribution in [0.3, 0.4) is 0 Å². The number of hydrogen-bond acceptors (Lipinski definition) is 4. The van der Waals surface area contributed by atoms with Crippen molar-refractivity contribution in [2.45, 2.75) is 32.4 Å². The Bertz CT molecular complexity index is 1420. The number of anilines is 2. The molecular formula is C29H29N5O2S. The average molecular weight is 512 g/mol. The van der Waals surface area contributed by atoms with Crippen molar-refractivity contribution in [1.29, 1.82) is 0 Å². The first kappa shape index (κ1) is 24.5. The number of pyridine rings is 1. The summed E-state index contributed by atoms with van der Waals surface area (Å²) in [6.45, 7) is 3.92. The molecular weight excluding hydrogens is 482 g/mol. The van der Waals surface area contributed by atoms with Gasteiger partial charge in [0.05, 0.1) is 24.5 Å². The minimum absolute atomic E-state index is 0.0753. The number of aryl methyl sites for hydroxylation is 1. The highest BCUT2D eigenvalue weighted by atomic mass is 32.1. The number of carbonyl (C=O) groups is 1. The number of aromatic nitrogens is 2. The quantitative estimate of drug-likeness (QED) is 0.310. The molecule has 37 heavy (non-hydrogen) atoms. The first-order valence-corrected chi connectivity index (χ1v) is 12.6. The Morgan fingerprint density at radius 2 is 1.84 bits per heavy atom. The molecule has 188 valence electrons. The first-order chi connectivity index (χ1) is 18.0. The van der Waals surface area contributed by atoms with E-state index in [1.807, 2.05) is 61.5 Å². The number of rotatable bonds is 7. The summed E-state index contributed by atoms with van der Waals surface area (Å²) in [4.78, 5) is 18.8. The maximum absolute atomic E-state index is 12.0. The van der Waals surface area contributed by atoms with Crippen LogP contribution in [-0.4, -0.2) is 27.7 Å². The second-order valence-electron chi connectivity index (χ2n) is 8.85. The molecule has 7 nitrogen and oxygen atoms in total. The van der Waals surface area contributed by atoms with E-state index < -0.39 is 0 Å². The van der Waals surface area contributed by atoms with Crippen molar-refractivity contribution in [3.05, 3.63) is 102 Å². The van der Waals surface area contributed by atoms with Crippen LogP contribution in [0.1, 0.15) is 42.5 Å². The fourth-order valence-corrected chi connectivity index (χ4v) is 5.17. The number of nitrogens with zero attached hydrogens (tertiary/aromatic N) is 3. The Labute approximate surface area is 222 Å². The van der Waals surface area contributed by atoms with Gasteiger partial charge in [0.15, 0.2) is 5.11 Å². The molecule has 1 fully saturated rings. The summed E-state index contributed by atoms with van der Waals surface area (Å²) in [7, 11) is 1.60. The number of ether oxygens (including phenoxy) is 1. The van der Waals surface area contributed by atoms with Gasteiger partial charge < -0.3 is 24.8 Å². The highest BCUT2D eigenvalue weighted by Crippen LogP contribution is 2.44. The molecule has 2 N–H and O–H groups in total. The number of benzene rings is 2. The molecule has 0 bridgehead atoms.